The van der Waals surface area contributed by atoms with Gasteiger partial charge in [0.1, 0.15) is 6.04 Å². The van der Waals surface area contributed by atoms with Gasteiger partial charge in [0.25, 0.3) is 0 Å². The van der Waals surface area contributed by atoms with E-state index >= 15 is 0 Å². The Bertz CT molecular complexity index is 587. The number of carbonyl (C=O) groups is 3. The lowest BCUT2D eigenvalue weighted by Crippen LogP contribution is -2.52. The van der Waals surface area contributed by atoms with Crippen molar-refractivity contribution < 1.29 is 24.6 Å². The molecule has 1 heterocycles. The van der Waals surface area contributed by atoms with E-state index in [2.05, 4.69) is 10.6 Å². The van der Waals surface area contributed by atoms with E-state index in [1.165, 1.54) is 0 Å². The van der Waals surface area contributed by atoms with Crippen molar-refractivity contribution >= 4 is 17.8 Å². The van der Waals surface area contributed by atoms with Crippen LogP contribution in [0.15, 0.2) is 24.3 Å². The monoisotopic (exact) mass is 306 g/mol. The summed E-state index contributed by atoms with van der Waals surface area (Å²) >= 11 is 0. The first-order valence-corrected chi connectivity index (χ1v) is 7.02. The van der Waals surface area contributed by atoms with E-state index in [9.17, 15) is 14.4 Å². The molecule has 118 valence electrons. The SMILES string of the molecule is O=C(O)CC[C@H](NC(=O)[C@@H]1Cc2ccccc2CN1)C(=O)O. The Morgan fingerprint density at radius 1 is 1.23 bits per heavy atom. The number of carbonyl (C=O) groups excluding carboxylic acids is 1. The molecule has 2 atom stereocenters. The van der Waals surface area contributed by atoms with Crippen molar-refractivity contribution in [2.45, 2.75) is 37.9 Å². The molecule has 0 saturated heterocycles. The van der Waals surface area contributed by atoms with E-state index in [-0.39, 0.29) is 12.8 Å². The number of nitrogens with one attached hydrogen (secondary N) is 2. The Hall–Kier alpha value is -2.41. The molecule has 0 bridgehead atoms. The van der Waals surface area contributed by atoms with E-state index in [1.807, 2.05) is 24.3 Å². The lowest BCUT2D eigenvalue weighted by Gasteiger charge is -2.26. The fourth-order valence-corrected chi connectivity index (χ4v) is 2.44. The summed E-state index contributed by atoms with van der Waals surface area (Å²) in [5.74, 6) is -2.75. The van der Waals surface area contributed by atoms with Gasteiger partial charge in [0.05, 0.1) is 6.04 Å². The maximum absolute atomic E-state index is 12.2. The molecule has 1 aromatic rings. The molecule has 0 aliphatic carbocycles. The van der Waals surface area contributed by atoms with Gasteiger partial charge in [0, 0.05) is 13.0 Å². The zero-order chi connectivity index (χ0) is 16.1. The summed E-state index contributed by atoms with van der Waals surface area (Å²) in [7, 11) is 0. The molecule has 4 N–H and O–H groups in total. The summed E-state index contributed by atoms with van der Waals surface area (Å²) in [4.78, 5) is 33.8. The average Bonchev–Trinajstić information content (AvgIpc) is 2.50. The van der Waals surface area contributed by atoms with Crippen LogP contribution in [0.25, 0.3) is 0 Å². The molecule has 0 radical (unpaired) electrons. The second kappa shape index (κ2) is 7.04. The molecule has 0 aromatic heterocycles. The van der Waals surface area contributed by atoms with Gasteiger partial charge < -0.3 is 20.8 Å². The van der Waals surface area contributed by atoms with Crippen LogP contribution in [-0.2, 0) is 27.3 Å². The van der Waals surface area contributed by atoms with E-state index in [1.54, 1.807) is 0 Å². The summed E-state index contributed by atoms with van der Waals surface area (Å²) < 4.78 is 0. The van der Waals surface area contributed by atoms with Crippen LogP contribution in [-0.4, -0.2) is 40.1 Å². The number of benzene rings is 1. The van der Waals surface area contributed by atoms with Crippen molar-refractivity contribution in [3.8, 4) is 0 Å². The van der Waals surface area contributed by atoms with Crippen molar-refractivity contribution in [2.75, 3.05) is 0 Å². The van der Waals surface area contributed by atoms with Crippen molar-refractivity contribution in [1.82, 2.24) is 10.6 Å². The van der Waals surface area contributed by atoms with Crippen LogP contribution in [0.1, 0.15) is 24.0 Å². The van der Waals surface area contributed by atoms with Crippen LogP contribution in [0.4, 0.5) is 0 Å². The molecule has 1 aliphatic rings. The number of fused-ring (bicyclic) bond motifs is 1. The third-order valence-corrected chi connectivity index (χ3v) is 3.66. The highest BCUT2D eigenvalue weighted by molar-refractivity contribution is 5.87. The quantitative estimate of drug-likeness (QED) is 0.594. The number of aliphatic carboxylic acids is 2. The standard InChI is InChI=1S/C15H18N2O5/c18-13(19)6-5-11(15(21)22)17-14(20)12-7-9-3-1-2-4-10(9)8-16-12/h1-4,11-12,16H,5-8H2,(H,17,20)(H,18,19)(H,21,22)/t11-,12-/m0/s1. The summed E-state index contributed by atoms with van der Waals surface area (Å²) in [6, 6.07) is 6.03. The third kappa shape index (κ3) is 4.05. The van der Waals surface area contributed by atoms with Gasteiger partial charge in [-0.3, -0.25) is 9.59 Å². The fourth-order valence-electron chi connectivity index (χ4n) is 2.44. The molecule has 1 amide bonds. The molecular weight excluding hydrogens is 288 g/mol. The molecule has 7 nitrogen and oxygen atoms in total. The minimum Gasteiger partial charge on any atom is -0.481 e. The summed E-state index contributed by atoms with van der Waals surface area (Å²) in [5.41, 5.74) is 2.17. The highest BCUT2D eigenvalue weighted by Gasteiger charge is 2.28. The van der Waals surface area contributed by atoms with Gasteiger partial charge in [-0.25, -0.2) is 4.79 Å². The van der Waals surface area contributed by atoms with Crippen molar-refractivity contribution in [2.24, 2.45) is 0 Å². The number of rotatable bonds is 6. The van der Waals surface area contributed by atoms with Crippen LogP contribution < -0.4 is 10.6 Å². The van der Waals surface area contributed by atoms with Crippen molar-refractivity contribution in [3.63, 3.8) is 0 Å². The van der Waals surface area contributed by atoms with Crippen LogP contribution >= 0.6 is 0 Å². The zero-order valence-electron chi connectivity index (χ0n) is 11.9. The molecule has 2 rings (SSSR count). The van der Waals surface area contributed by atoms with Crippen LogP contribution in [0.5, 0.6) is 0 Å². The molecule has 0 spiro atoms. The molecular formula is C15H18N2O5. The first-order valence-electron chi connectivity index (χ1n) is 7.02. The minimum absolute atomic E-state index is 0.139. The fraction of sp³-hybridized carbons (Fsp3) is 0.400. The summed E-state index contributed by atoms with van der Waals surface area (Å²) in [6.45, 7) is 0.543. The van der Waals surface area contributed by atoms with Gasteiger partial charge >= 0.3 is 11.9 Å². The Morgan fingerprint density at radius 3 is 2.55 bits per heavy atom. The topological polar surface area (TPSA) is 116 Å². The summed E-state index contributed by atoms with van der Waals surface area (Å²) in [6.07, 6.45) is 0.0329. The molecule has 1 aromatic carbocycles. The maximum Gasteiger partial charge on any atom is 0.326 e. The first kappa shape index (κ1) is 16.0. The molecule has 22 heavy (non-hydrogen) atoms. The Morgan fingerprint density at radius 2 is 1.91 bits per heavy atom. The second-order valence-electron chi connectivity index (χ2n) is 5.24. The number of hydrogen-bond acceptors (Lipinski definition) is 4. The highest BCUT2D eigenvalue weighted by Crippen LogP contribution is 2.16. The lowest BCUT2D eigenvalue weighted by molar-refractivity contribution is -0.143. The van der Waals surface area contributed by atoms with Crippen molar-refractivity contribution in [3.05, 3.63) is 35.4 Å². The number of amides is 1. The highest BCUT2D eigenvalue weighted by atomic mass is 16.4. The van der Waals surface area contributed by atoms with Crippen LogP contribution in [0, 0.1) is 0 Å². The molecule has 7 heteroatoms. The van der Waals surface area contributed by atoms with Gasteiger partial charge in [-0.1, -0.05) is 24.3 Å². The number of carboxylic acid groups (broad SMARTS) is 2. The van der Waals surface area contributed by atoms with E-state index in [0.717, 1.165) is 11.1 Å². The lowest BCUT2D eigenvalue weighted by atomic mass is 9.95. The van der Waals surface area contributed by atoms with Gasteiger partial charge in [0.15, 0.2) is 0 Å². The Labute approximate surface area is 127 Å². The van der Waals surface area contributed by atoms with Crippen molar-refractivity contribution in [1.29, 1.82) is 0 Å². The predicted octanol–water partition coefficient (Wildman–Crippen LogP) is 0.135. The van der Waals surface area contributed by atoms with E-state index in [4.69, 9.17) is 10.2 Å². The number of carboxylic acids is 2. The Balaban J connectivity index is 1.96. The molecule has 0 fully saturated rings. The second-order valence-corrected chi connectivity index (χ2v) is 5.24. The van der Waals surface area contributed by atoms with Gasteiger partial charge in [-0.05, 0) is 24.0 Å². The Kier molecular flexibility index (Phi) is 5.11. The smallest absolute Gasteiger partial charge is 0.326 e. The summed E-state index contributed by atoms with van der Waals surface area (Å²) in [5, 5.41) is 23.2. The largest absolute Gasteiger partial charge is 0.481 e. The molecule has 0 saturated carbocycles. The van der Waals surface area contributed by atoms with Crippen LogP contribution in [0.2, 0.25) is 0 Å². The average molecular weight is 306 g/mol. The first-order chi connectivity index (χ1) is 10.5. The maximum atomic E-state index is 12.2. The van der Waals surface area contributed by atoms with Gasteiger partial charge in [-0.2, -0.15) is 0 Å². The van der Waals surface area contributed by atoms with E-state index in [0.29, 0.717) is 13.0 Å². The molecule has 1 aliphatic heterocycles. The zero-order valence-corrected chi connectivity index (χ0v) is 11.9. The van der Waals surface area contributed by atoms with Gasteiger partial charge in [0.2, 0.25) is 5.91 Å². The molecule has 0 unspecified atom stereocenters. The third-order valence-electron chi connectivity index (χ3n) is 3.66. The predicted molar refractivity (Wildman–Crippen MR) is 77.2 cm³/mol. The minimum atomic E-state index is -1.23. The van der Waals surface area contributed by atoms with E-state index < -0.39 is 29.9 Å². The van der Waals surface area contributed by atoms with Crippen LogP contribution in [0.3, 0.4) is 0 Å². The number of hydrogen-bond donors (Lipinski definition) is 4. The van der Waals surface area contributed by atoms with Gasteiger partial charge in [-0.15, -0.1) is 0 Å². The normalized spacial score (nSPS) is 18.1.